The quantitative estimate of drug-likeness (QED) is 0.404. The lowest BCUT2D eigenvalue weighted by Gasteiger charge is -2.03. The van der Waals surface area contributed by atoms with Gasteiger partial charge in [0.2, 0.25) is 0 Å². The van der Waals surface area contributed by atoms with E-state index in [-0.39, 0.29) is 11.4 Å². The van der Waals surface area contributed by atoms with E-state index in [9.17, 15) is 20.2 Å². The van der Waals surface area contributed by atoms with Crippen LogP contribution >= 0.6 is 0 Å². The van der Waals surface area contributed by atoms with E-state index in [1.165, 1.54) is 30.5 Å². The van der Waals surface area contributed by atoms with Crippen molar-refractivity contribution in [1.82, 2.24) is 4.98 Å². The van der Waals surface area contributed by atoms with Crippen molar-refractivity contribution in [3.05, 3.63) is 62.8 Å². The lowest BCUT2D eigenvalue weighted by molar-refractivity contribution is -0.384. The first-order valence-electron chi connectivity index (χ1n) is 5.67. The Morgan fingerprint density at radius 3 is 2.10 bits per heavy atom. The van der Waals surface area contributed by atoms with Gasteiger partial charge < -0.3 is 0 Å². The molecule has 98 valence electrons. The first kappa shape index (κ1) is 12.0. The molecule has 0 aliphatic rings. The van der Waals surface area contributed by atoms with E-state index in [1.807, 2.05) is 0 Å². The average molecular weight is 269 g/mol. The van der Waals surface area contributed by atoms with Crippen molar-refractivity contribution in [2.75, 3.05) is 0 Å². The zero-order valence-electron chi connectivity index (χ0n) is 10.0. The Morgan fingerprint density at radius 2 is 1.45 bits per heavy atom. The first-order valence-corrected chi connectivity index (χ1v) is 5.67. The maximum atomic E-state index is 10.7. The summed E-state index contributed by atoms with van der Waals surface area (Å²) < 4.78 is 0. The van der Waals surface area contributed by atoms with E-state index >= 15 is 0 Å². The molecule has 3 aromatic rings. The Bertz CT molecular complexity index is 803. The van der Waals surface area contributed by atoms with Crippen LogP contribution in [-0.4, -0.2) is 14.8 Å². The molecule has 0 atom stereocenters. The minimum Gasteiger partial charge on any atom is -0.258 e. The topological polar surface area (TPSA) is 99.2 Å². The molecule has 0 saturated heterocycles. The molecule has 0 saturated carbocycles. The lowest BCUT2D eigenvalue weighted by Crippen LogP contribution is -1.90. The predicted molar refractivity (Wildman–Crippen MR) is 72.6 cm³/mol. The molecule has 3 rings (SSSR count). The normalized spacial score (nSPS) is 10.8. The summed E-state index contributed by atoms with van der Waals surface area (Å²) in [6.45, 7) is 0. The maximum absolute atomic E-state index is 10.7. The second-order valence-electron chi connectivity index (χ2n) is 4.25. The number of benzene rings is 2. The lowest BCUT2D eigenvalue weighted by atomic mass is 10.1. The highest BCUT2D eigenvalue weighted by molar-refractivity contribution is 6.06. The van der Waals surface area contributed by atoms with Crippen LogP contribution in [0.1, 0.15) is 0 Å². The van der Waals surface area contributed by atoms with Gasteiger partial charge in [0, 0.05) is 41.2 Å². The minimum absolute atomic E-state index is 0.0134. The van der Waals surface area contributed by atoms with Crippen LogP contribution in [-0.2, 0) is 0 Å². The van der Waals surface area contributed by atoms with E-state index < -0.39 is 9.85 Å². The first-order chi connectivity index (χ1) is 9.56. The molecule has 20 heavy (non-hydrogen) atoms. The molecule has 2 aromatic carbocycles. The second kappa shape index (κ2) is 4.23. The second-order valence-corrected chi connectivity index (χ2v) is 4.25. The van der Waals surface area contributed by atoms with Crippen LogP contribution in [0.2, 0.25) is 0 Å². The fraction of sp³-hybridized carbons (Fsp3) is 0. The smallest absolute Gasteiger partial charge is 0.258 e. The highest BCUT2D eigenvalue weighted by Gasteiger charge is 2.11. The van der Waals surface area contributed by atoms with Crippen LogP contribution in [0.25, 0.3) is 21.7 Å². The number of hydrogen-bond donors (Lipinski definition) is 0. The third-order valence-corrected chi connectivity index (χ3v) is 3.07. The van der Waals surface area contributed by atoms with Crippen molar-refractivity contribution < 1.29 is 9.85 Å². The Morgan fingerprint density at radius 1 is 0.850 bits per heavy atom. The number of non-ortho nitro benzene ring substituents is 2. The zero-order chi connectivity index (χ0) is 14.3. The van der Waals surface area contributed by atoms with Gasteiger partial charge in [-0.15, -0.1) is 0 Å². The molecule has 0 N–H and O–H groups in total. The SMILES string of the molecule is O=[N+]([O-])c1ccc2c(cnc3cc([N+](=O)[O-])ccc32)c1. The van der Waals surface area contributed by atoms with E-state index in [1.54, 1.807) is 12.1 Å². The molecule has 0 fully saturated rings. The standard InChI is InChI=1S/C13H7N3O4/c17-15(18)9-1-3-11-8(5-9)7-14-13-6-10(16(19)20)2-4-12(11)13/h1-7H. The summed E-state index contributed by atoms with van der Waals surface area (Å²) in [6.07, 6.45) is 1.48. The van der Waals surface area contributed by atoms with Gasteiger partial charge in [-0.3, -0.25) is 25.2 Å². The largest absolute Gasteiger partial charge is 0.271 e. The number of nitrogens with zero attached hydrogens (tertiary/aromatic N) is 3. The van der Waals surface area contributed by atoms with Crippen molar-refractivity contribution in [2.45, 2.75) is 0 Å². The van der Waals surface area contributed by atoms with Crippen molar-refractivity contribution in [2.24, 2.45) is 0 Å². The molecule has 7 heteroatoms. The number of fused-ring (bicyclic) bond motifs is 3. The van der Waals surface area contributed by atoms with E-state index in [0.29, 0.717) is 10.9 Å². The van der Waals surface area contributed by atoms with Crippen LogP contribution in [0.4, 0.5) is 11.4 Å². The summed E-state index contributed by atoms with van der Waals surface area (Å²) in [7, 11) is 0. The van der Waals surface area contributed by atoms with Crippen LogP contribution in [0.3, 0.4) is 0 Å². The number of aromatic nitrogens is 1. The van der Waals surface area contributed by atoms with Gasteiger partial charge in [-0.05, 0) is 17.5 Å². The van der Waals surface area contributed by atoms with Crippen LogP contribution in [0.5, 0.6) is 0 Å². The van der Waals surface area contributed by atoms with Gasteiger partial charge in [0.25, 0.3) is 11.4 Å². The van der Waals surface area contributed by atoms with Crippen molar-refractivity contribution in [3.63, 3.8) is 0 Å². The number of pyridine rings is 1. The van der Waals surface area contributed by atoms with E-state index in [0.717, 1.165) is 10.8 Å². The molecule has 1 heterocycles. The molecule has 7 nitrogen and oxygen atoms in total. The number of nitro benzene ring substituents is 2. The maximum Gasteiger partial charge on any atom is 0.271 e. The number of hydrogen-bond acceptors (Lipinski definition) is 5. The molecule has 1 aromatic heterocycles. The third kappa shape index (κ3) is 1.81. The van der Waals surface area contributed by atoms with E-state index in [2.05, 4.69) is 4.98 Å². The molecule has 0 spiro atoms. The summed E-state index contributed by atoms with van der Waals surface area (Å²) in [5.41, 5.74) is 0.437. The Kier molecular flexibility index (Phi) is 2.53. The molecule has 0 radical (unpaired) electrons. The monoisotopic (exact) mass is 269 g/mol. The van der Waals surface area contributed by atoms with E-state index in [4.69, 9.17) is 0 Å². The van der Waals surface area contributed by atoms with Gasteiger partial charge in [-0.25, -0.2) is 0 Å². The highest BCUT2D eigenvalue weighted by Crippen LogP contribution is 2.28. The molecule has 0 aliphatic heterocycles. The van der Waals surface area contributed by atoms with Gasteiger partial charge in [0.15, 0.2) is 0 Å². The summed E-state index contributed by atoms with van der Waals surface area (Å²) in [4.78, 5) is 24.6. The van der Waals surface area contributed by atoms with Crippen LogP contribution in [0.15, 0.2) is 42.6 Å². The Balaban J connectivity index is 2.31. The fourth-order valence-electron chi connectivity index (χ4n) is 2.12. The fourth-order valence-corrected chi connectivity index (χ4v) is 2.12. The number of nitro groups is 2. The summed E-state index contributed by atoms with van der Waals surface area (Å²) in [5.74, 6) is 0. The van der Waals surface area contributed by atoms with Crippen LogP contribution < -0.4 is 0 Å². The predicted octanol–water partition coefficient (Wildman–Crippen LogP) is 3.20. The molecular formula is C13H7N3O4. The summed E-state index contributed by atoms with van der Waals surface area (Å²) >= 11 is 0. The third-order valence-electron chi connectivity index (χ3n) is 3.07. The average Bonchev–Trinajstić information content (AvgIpc) is 2.45. The van der Waals surface area contributed by atoms with Gasteiger partial charge in [-0.2, -0.15) is 0 Å². The molecular weight excluding hydrogens is 262 g/mol. The molecule has 0 unspecified atom stereocenters. The van der Waals surface area contributed by atoms with Crippen molar-refractivity contribution in [3.8, 4) is 0 Å². The minimum atomic E-state index is -0.485. The van der Waals surface area contributed by atoms with Gasteiger partial charge >= 0.3 is 0 Å². The van der Waals surface area contributed by atoms with Gasteiger partial charge in [0.05, 0.1) is 15.4 Å². The zero-order valence-corrected chi connectivity index (χ0v) is 10.0. The number of rotatable bonds is 2. The van der Waals surface area contributed by atoms with Gasteiger partial charge in [-0.1, -0.05) is 0 Å². The molecule has 0 amide bonds. The highest BCUT2D eigenvalue weighted by atomic mass is 16.6. The molecule has 0 bridgehead atoms. The van der Waals surface area contributed by atoms with Crippen molar-refractivity contribution in [1.29, 1.82) is 0 Å². The summed E-state index contributed by atoms with van der Waals surface area (Å²) in [5, 5.41) is 23.6. The van der Waals surface area contributed by atoms with Gasteiger partial charge in [0.1, 0.15) is 0 Å². The van der Waals surface area contributed by atoms with Crippen LogP contribution in [0, 0.1) is 20.2 Å². The molecule has 0 aliphatic carbocycles. The summed E-state index contributed by atoms with van der Waals surface area (Å²) in [6, 6.07) is 8.85. The van der Waals surface area contributed by atoms with Crippen molar-refractivity contribution >= 4 is 33.1 Å². The Hall–Kier alpha value is -3.09. The Labute approximate surface area is 111 Å².